The average Bonchev–Trinajstić information content (AvgIpc) is 1.83. The molecule has 1 aliphatic carbocycles. The summed E-state index contributed by atoms with van der Waals surface area (Å²) < 4.78 is 0. The van der Waals surface area contributed by atoms with Crippen molar-refractivity contribution < 1.29 is 0 Å². The predicted molar refractivity (Wildman–Crippen MR) is 41.3 cm³/mol. The van der Waals surface area contributed by atoms with Crippen molar-refractivity contribution in [1.29, 1.82) is 0 Å². The van der Waals surface area contributed by atoms with Crippen molar-refractivity contribution in [1.82, 2.24) is 0 Å². The number of hydrogen-bond donors (Lipinski definition) is 0. The molecule has 0 N–H and O–H groups in total. The maximum absolute atomic E-state index is 4.08. The van der Waals surface area contributed by atoms with Gasteiger partial charge in [-0.1, -0.05) is 32.4 Å². The third kappa shape index (κ3) is 1.35. The molecule has 0 amide bonds. The minimum absolute atomic E-state index is 0.786. The fraction of sp³-hybridized carbons (Fsp3) is 0.778. The zero-order valence-electron chi connectivity index (χ0n) is 6.48. The third-order valence-corrected chi connectivity index (χ3v) is 2.54. The van der Waals surface area contributed by atoms with Crippen LogP contribution < -0.4 is 0 Å². The lowest BCUT2D eigenvalue weighted by Crippen LogP contribution is -2.13. The lowest BCUT2D eigenvalue weighted by atomic mass is 9.80. The second-order valence-electron chi connectivity index (χ2n) is 3.31. The highest BCUT2D eigenvalue weighted by atomic mass is 14.2. The van der Waals surface area contributed by atoms with Gasteiger partial charge >= 0.3 is 0 Å². The summed E-state index contributed by atoms with van der Waals surface area (Å²) in [4.78, 5) is 0. The van der Waals surface area contributed by atoms with Gasteiger partial charge < -0.3 is 0 Å². The van der Waals surface area contributed by atoms with Crippen LogP contribution in [0.4, 0.5) is 0 Å². The van der Waals surface area contributed by atoms with Crippen LogP contribution in [-0.2, 0) is 0 Å². The van der Waals surface area contributed by atoms with Gasteiger partial charge in [-0.25, -0.2) is 0 Å². The summed E-state index contributed by atoms with van der Waals surface area (Å²) in [6.45, 7) is 8.66. The van der Waals surface area contributed by atoms with E-state index in [-0.39, 0.29) is 0 Å². The number of allylic oxidation sites excluding steroid dienone is 1. The molecule has 1 rings (SSSR count). The fourth-order valence-electron chi connectivity index (χ4n) is 1.59. The summed E-state index contributed by atoms with van der Waals surface area (Å²) in [6, 6.07) is 0. The van der Waals surface area contributed by atoms with E-state index in [2.05, 4.69) is 20.4 Å². The van der Waals surface area contributed by atoms with Crippen molar-refractivity contribution in [2.75, 3.05) is 0 Å². The van der Waals surface area contributed by atoms with Crippen molar-refractivity contribution >= 4 is 0 Å². The van der Waals surface area contributed by atoms with E-state index in [0.29, 0.717) is 0 Å². The Labute approximate surface area is 58.0 Å². The summed E-state index contributed by atoms with van der Waals surface area (Å²) in [5.74, 6) is 1.57. The monoisotopic (exact) mass is 124 g/mol. The van der Waals surface area contributed by atoms with Gasteiger partial charge in [0.1, 0.15) is 0 Å². The maximum Gasteiger partial charge on any atom is -0.0232 e. The van der Waals surface area contributed by atoms with Crippen LogP contribution in [0.25, 0.3) is 0 Å². The second kappa shape index (κ2) is 2.55. The topological polar surface area (TPSA) is 0 Å². The fourth-order valence-corrected chi connectivity index (χ4v) is 1.59. The minimum atomic E-state index is 0.786. The Morgan fingerprint density at radius 3 is 2.00 bits per heavy atom. The van der Waals surface area contributed by atoms with Crippen LogP contribution in [0.5, 0.6) is 0 Å². The van der Waals surface area contributed by atoms with Gasteiger partial charge in [-0.15, -0.1) is 0 Å². The van der Waals surface area contributed by atoms with Gasteiger partial charge in [-0.2, -0.15) is 0 Å². The molecule has 0 heterocycles. The first-order valence-corrected chi connectivity index (χ1v) is 3.90. The zero-order chi connectivity index (χ0) is 6.85. The highest BCUT2D eigenvalue weighted by Crippen LogP contribution is 2.31. The molecule has 1 aliphatic rings. The van der Waals surface area contributed by atoms with Crippen LogP contribution in [0.3, 0.4) is 0 Å². The lowest BCUT2D eigenvalue weighted by Gasteiger charge is -2.26. The van der Waals surface area contributed by atoms with Crippen LogP contribution in [-0.4, -0.2) is 0 Å². The first kappa shape index (κ1) is 6.85. The molecule has 0 aromatic carbocycles. The highest BCUT2D eigenvalue weighted by molar-refractivity contribution is 5.05. The molecule has 0 aromatic rings. The van der Waals surface area contributed by atoms with Crippen LogP contribution in [0.2, 0.25) is 0 Å². The van der Waals surface area contributed by atoms with E-state index in [1.165, 1.54) is 24.8 Å². The van der Waals surface area contributed by atoms with E-state index in [1.807, 2.05) is 0 Å². The van der Waals surface area contributed by atoms with Crippen molar-refractivity contribution in [2.45, 2.75) is 33.1 Å². The van der Waals surface area contributed by atoms with Crippen molar-refractivity contribution in [2.24, 2.45) is 11.8 Å². The molecule has 1 saturated carbocycles. The molecule has 1 fully saturated rings. The molecule has 0 aromatic heterocycles. The summed E-state index contributed by atoms with van der Waals surface area (Å²) in [6.07, 6.45) is 4.13. The van der Waals surface area contributed by atoms with Crippen molar-refractivity contribution in [3.05, 3.63) is 12.2 Å². The molecule has 9 heavy (non-hydrogen) atoms. The highest BCUT2D eigenvalue weighted by Gasteiger charge is 2.18. The van der Waals surface area contributed by atoms with E-state index in [4.69, 9.17) is 0 Å². The molecule has 0 saturated heterocycles. The van der Waals surface area contributed by atoms with Crippen LogP contribution >= 0.6 is 0 Å². The smallest absolute Gasteiger partial charge is 0.0232 e. The first-order chi connectivity index (χ1) is 4.22. The Balaban J connectivity index is 2.52. The van der Waals surface area contributed by atoms with Crippen molar-refractivity contribution in [3.8, 4) is 0 Å². The van der Waals surface area contributed by atoms with Gasteiger partial charge in [0.25, 0.3) is 0 Å². The quantitative estimate of drug-likeness (QED) is 0.435. The van der Waals surface area contributed by atoms with Crippen LogP contribution in [0.15, 0.2) is 12.2 Å². The molecule has 52 valence electrons. The summed E-state index contributed by atoms with van der Waals surface area (Å²) >= 11 is 0. The summed E-state index contributed by atoms with van der Waals surface area (Å²) in [5.41, 5.74) is 1.47. The van der Waals surface area contributed by atoms with E-state index in [0.717, 1.165) is 11.8 Å². The van der Waals surface area contributed by atoms with Gasteiger partial charge in [0.15, 0.2) is 0 Å². The normalized spacial score (nSPS) is 36.9. The van der Waals surface area contributed by atoms with Crippen LogP contribution in [0.1, 0.15) is 33.1 Å². The maximum atomic E-state index is 4.08. The minimum Gasteiger partial charge on any atom is -0.0993 e. The van der Waals surface area contributed by atoms with E-state index >= 15 is 0 Å². The van der Waals surface area contributed by atoms with E-state index < -0.39 is 0 Å². The molecular formula is C9H16. The Kier molecular flexibility index (Phi) is 1.94. The Bertz CT molecular complexity index is 101. The van der Waals surface area contributed by atoms with Gasteiger partial charge in [0, 0.05) is 0 Å². The van der Waals surface area contributed by atoms with Crippen LogP contribution in [0, 0.1) is 11.8 Å². The molecule has 0 spiro atoms. The lowest BCUT2D eigenvalue weighted by molar-refractivity contribution is 0.406. The van der Waals surface area contributed by atoms with E-state index in [1.54, 1.807) is 0 Å². The molecule has 0 heteroatoms. The van der Waals surface area contributed by atoms with Crippen molar-refractivity contribution in [3.63, 3.8) is 0 Å². The molecular weight excluding hydrogens is 108 g/mol. The predicted octanol–water partition coefficient (Wildman–Crippen LogP) is 3.00. The first-order valence-electron chi connectivity index (χ1n) is 3.90. The van der Waals surface area contributed by atoms with Gasteiger partial charge in [-0.3, -0.25) is 0 Å². The third-order valence-electron chi connectivity index (χ3n) is 2.54. The standard InChI is InChI=1S/C9H16/c1-7-5-4-6-8(2)9(7)3/h7-8H,3-6H2,1-2H3. The molecule has 0 nitrogen and oxygen atoms in total. The second-order valence-corrected chi connectivity index (χ2v) is 3.31. The Morgan fingerprint density at radius 1 is 1.22 bits per heavy atom. The molecule has 0 bridgehead atoms. The SMILES string of the molecule is C=C1C(C)CCCC1C. The molecule has 2 unspecified atom stereocenters. The Hall–Kier alpha value is -0.260. The van der Waals surface area contributed by atoms with Gasteiger partial charge in [-0.05, 0) is 24.7 Å². The number of hydrogen-bond acceptors (Lipinski definition) is 0. The summed E-state index contributed by atoms with van der Waals surface area (Å²) in [5, 5.41) is 0. The largest absolute Gasteiger partial charge is 0.0993 e. The Morgan fingerprint density at radius 2 is 1.67 bits per heavy atom. The number of rotatable bonds is 0. The molecule has 2 atom stereocenters. The van der Waals surface area contributed by atoms with Gasteiger partial charge in [0.05, 0.1) is 0 Å². The molecule has 0 aliphatic heterocycles. The zero-order valence-corrected chi connectivity index (χ0v) is 6.48. The molecule has 0 radical (unpaired) electrons. The summed E-state index contributed by atoms with van der Waals surface area (Å²) in [7, 11) is 0. The van der Waals surface area contributed by atoms with E-state index in [9.17, 15) is 0 Å². The average molecular weight is 124 g/mol. The van der Waals surface area contributed by atoms with Gasteiger partial charge in [0.2, 0.25) is 0 Å².